The van der Waals surface area contributed by atoms with E-state index in [4.69, 9.17) is 4.74 Å². The Kier molecular flexibility index (Phi) is 6.66. The molecule has 1 aromatic carbocycles. The highest BCUT2D eigenvalue weighted by Crippen LogP contribution is 2.26. The molecule has 0 bridgehead atoms. The number of aromatic nitrogens is 1. The largest absolute Gasteiger partial charge is 0.494 e. The van der Waals surface area contributed by atoms with Crippen molar-refractivity contribution in [3.05, 3.63) is 53.7 Å². The van der Waals surface area contributed by atoms with E-state index < -0.39 is 0 Å². The molecule has 2 aliphatic heterocycles. The summed E-state index contributed by atoms with van der Waals surface area (Å²) in [5.74, 6) is 1.72. The van der Waals surface area contributed by atoms with Gasteiger partial charge in [-0.15, -0.1) is 0 Å². The van der Waals surface area contributed by atoms with Crippen LogP contribution in [0.3, 0.4) is 0 Å². The summed E-state index contributed by atoms with van der Waals surface area (Å²) in [5, 5.41) is 0. The number of nitrogens with zero attached hydrogens (tertiary/aromatic N) is 4. The van der Waals surface area contributed by atoms with Crippen molar-refractivity contribution in [3.63, 3.8) is 0 Å². The molecule has 0 atom stereocenters. The van der Waals surface area contributed by atoms with Gasteiger partial charge in [0.1, 0.15) is 11.6 Å². The number of rotatable bonds is 7. The van der Waals surface area contributed by atoms with Crippen LogP contribution in [-0.2, 0) is 17.8 Å². The molecule has 0 aliphatic carbocycles. The molecule has 0 spiro atoms. The molecule has 4 rings (SSSR count). The molecule has 8 heteroatoms. The number of anilines is 1. The molecule has 1 aromatic heterocycles. The zero-order chi connectivity index (χ0) is 20.1. The molecule has 0 radical (unpaired) electrons. The molecule has 0 unspecified atom stereocenters. The van der Waals surface area contributed by atoms with Crippen LogP contribution in [0.25, 0.3) is 0 Å². The molecule has 1 saturated heterocycles. The molecule has 29 heavy (non-hydrogen) atoms. The average Bonchev–Trinajstić information content (AvgIpc) is 2.77. The van der Waals surface area contributed by atoms with Crippen molar-refractivity contribution in [1.29, 1.82) is 0 Å². The molecule has 1 N–H and O–H groups in total. The zero-order valence-corrected chi connectivity index (χ0v) is 17.2. The lowest BCUT2D eigenvalue weighted by molar-refractivity contribution is -0.121. The first kappa shape index (κ1) is 20.2. The number of carbonyl (C=O) groups is 1. The number of carbonyl (C=O) groups excluding carboxylic acids is 1. The maximum Gasteiger partial charge on any atom is 0.242 e. The minimum absolute atomic E-state index is 0.0978. The monoisotopic (exact) mass is 414 g/mol. The number of hydrogen-bond acceptors (Lipinski definition) is 7. The van der Waals surface area contributed by atoms with E-state index in [0.717, 1.165) is 62.8 Å². The highest BCUT2D eigenvalue weighted by molar-refractivity contribution is 7.91. The topological polar surface area (TPSA) is 69.1 Å². The molecule has 1 fully saturated rings. The Balaban J connectivity index is 1.20. The van der Waals surface area contributed by atoms with Gasteiger partial charge >= 0.3 is 0 Å². The van der Waals surface area contributed by atoms with Crippen molar-refractivity contribution in [2.24, 2.45) is 0 Å². The van der Waals surface area contributed by atoms with Gasteiger partial charge in [-0.05, 0) is 48.2 Å². The van der Waals surface area contributed by atoms with Crippen molar-refractivity contribution in [3.8, 4) is 5.75 Å². The van der Waals surface area contributed by atoms with Gasteiger partial charge in [-0.3, -0.25) is 14.6 Å². The first-order valence-corrected chi connectivity index (χ1v) is 10.7. The summed E-state index contributed by atoms with van der Waals surface area (Å²) < 4.78 is 17.1. The maximum absolute atomic E-state index is 12.4. The zero-order valence-electron chi connectivity index (χ0n) is 16.4. The molecule has 3 heterocycles. The molecule has 2 aliphatic rings. The van der Waals surface area contributed by atoms with E-state index in [-0.39, 0.29) is 5.91 Å². The number of pyridine rings is 1. The highest BCUT2D eigenvalue weighted by atomic mass is 32.2. The number of ether oxygens (including phenoxy) is 1. The van der Waals surface area contributed by atoms with Gasteiger partial charge in [-0.25, -0.2) is 9.29 Å². The first-order chi connectivity index (χ1) is 14.2. The van der Waals surface area contributed by atoms with Crippen LogP contribution in [0.15, 0.2) is 42.6 Å². The van der Waals surface area contributed by atoms with Gasteiger partial charge < -0.3 is 9.29 Å². The first-order valence-electron chi connectivity index (χ1n) is 9.98. The molecule has 2 aromatic rings. The normalized spacial score (nSPS) is 18.0. The number of fused-ring (bicyclic) bond motifs is 1. The van der Waals surface area contributed by atoms with Crippen LogP contribution in [-0.4, -0.2) is 64.0 Å². The van der Waals surface area contributed by atoms with Crippen molar-refractivity contribution >= 4 is 24.0 Å². The second-order valence-corrected chi connectivity index (χ2v) is 8.02. The van der Waals surface area contributed by atoms with Gasteiger partial charge in [0.15, 0.2) is 0 Å². The van der Waals surface area contributed by atoms with Crippen molar-refractivity contribution in [2.45, 2.75) is 19.4 Å². The third-order valence-electron chi connectivity index (χ3n) is 5.38. The van der Waals surface area contributed by atoms with Gasteiger partial charge in [0.05, 0.1) is 25.4 Å². The van der Waals surface area contributed by atoms with E-state index in [0.29, 0.717) is 19.7 Å². The van der Waals surface area contributed by atoms with Gasteiger partial charge in [-0.2, -0.15) is 0 Å². The fraction of sp³-hybridized carbons (Fsp3) is 0.429. The standard InChI is InChI=1S/C21H26N4O3S/c26-21-16-23(11-12-25(21)20-4-1-2-8-22-20)9-3-13-28-19-6-5-18-15-24(29-27)10-7-17(18)14-19/h1-2,4-6,8,14,27H,3,7,9-13,15-16H2. The van der Waals surface area contributed by atoms with Gasteiger partial charge in [0.2, 0.25) is 5.91 Å². The fourth-order valence-electron chi connectivity index (χ4n) is 3.81. The lowest BCUT2D eigenvalue weighted by atomic mass is 10.0. The van der Waals surface area contributed by atoms with Crippen LogP contribution in [0.5, 0.6) is 5.75 Å². The lowest BCUT2D eigenvalue weighted by Gasteiger charge is -2.33. The number of benzene rings is 1. The van der Waals surface area contributed by atoms with E-state index >= 15 is 0 Å². The van der Waals surface area contributed by atoms with Crippen molar-refractivity contribution < 1.29 is 14.1 Å². The van der Waals surface area contributed by atoms with Gasteiger partial charge in [0.25, 0.3) is 0 Å². The quantitative estimate of drug-likeness (QED) is 0.424. The van der Waals surface area contributed by atoms with E-state index in [2.05, 4.69) is 22.0 Å². The Morgan fingerprint density at radius 3 is 2.83 bits per heavy atom. The van der Waals surface area contributed by atoms with Crippen LogP contribution in [0.2, 0.25) is 0 Å². The third-order valence-corrected chi connectivity index (χ3v) is 5.93. The highest BCUT2D eigenvalue weighted by Gasteiger charge is 2.25. The number of piperazine rings is 1. The Labute approximate surface area is 175 Å². The molecular weight excluding hydrogens is 388 g/mol. The van der Waals surface area contributed by atoms with Crippen LogP contribution in [0.1, 0.15) is 17.5 Å². The van der Waals surface area contributed by atoms with E-state index in [1.165, 1.54) is 11.1 Å². The maximum atomic E-state index is 12.4. The molecule has 7 nitrogen and oxygen atoms in total. The van der Waals surface area contributed by atoms with Gasteiger partial charge in [0, 0.05) is 38.9 Å². The van der Waals surface area contributed by atoms with Crippen LogP contribution >= 0.6 is 12.2 Å². The van der Waals surface area contributed by atoms with Crippen LogP contribution in [0, 0.1) is 0 Å². The predicted molar refractivity (Wildman–Crippen MR) is 114 cm³/mol. The number of amides is 1. The van der Waals surface area contributed by atoms with E-state index in [1.54, 1.807) is 11.1 Å². The summed E-state index contributed by atoms with van der Waals surface area (Å²) in [6.45, 7) is 5.02. The third kappa shape index (κ3) is 5.08. The predicted octanol–water partition coefficient (Wildman–Crippen LogP) is 2.68. The Morgan fingerprint density at radius 2 is 2.03 bits per heavy atom. The minimum atomic E-state index is 0.0978. The fourth-order valence-corrected chi connectivity index (χ4v) is 4.18. The van der Waals surface area contributed by atoms with Crippen LogP contribution < -0.4 is 9.64 Å². The molecule has 1 amide bonds. The Morgan fingerprint density at radius 1 is 1.10 bits per heavy atom. The summed E-state index contributed by atoms with van der Waals surface area (Å²) in [5.41, 5.74) is 2.54. The Hall–Kier alpha value is -2.13. The smallest absolute Gasteiger partial charge is 0.242 e. The van der Waals surface area contributed by atoms with E-state index in [9.17, 15) is 9.35 Å². The summed E-state index contributed by atoms with van der Waals surface area (Å²) in [6, 6.07) is 11.8. The second-order valence-electron chi connectivity index (χ2n) is 7.34. The van der Waals surface area contributed by atoms with Crippen molar-refractivity contribution in [1.82, 2.24) is 14.2 Å². The number of hydrogen-bond donors (Lipinski definition) is 1. The van der Waals surface area contributed by atoms with Gasteiger partial charge in [-0.1, -0.05) is 12.1 Å². The summed E-state index contributed by atoms with van der Waals surface area (Å²) in [6.07, 6.45) is 3.51. The van der Waals surface area contributed by atoms with Crippen molar-refractivity contribution in [2.75, 3.05) is 44.2 Å². The molecule has 154 valence electrons. The average molecular weight is 415 g/mol. The SMILES string of the molecule is O=C1CN(CCCOc2ccc3c(c2)CCN(SO)C3)CCN1c1ccccn1. The summed E-state index contributed by atoms with van der Waals surface area (Å²) in [7, 11) is 0. The Bertz CT molecular complexity index is 836. The molecular formula is C21H26N4O3S. The molecule has 0 saturated carbocycles. The second kappa shape index (κ2) is 9.58. The summed E-state index contributed by atoms with van der Waals surface area (Å²) >= 11 is 0.810. The van der Waals surface area contributed by atoms with Crippen LogP contribution in [0.4, 0.5) is 5.82 Å². The minimum Gasteiger partial charge on any atom is -0.494 e. The summed E-state index contributed by atoms with van der Waals surface area (Å²) in [4.78, 5) is 20.6. The van der Waals surface area contributed by atoms with E-state index in [1.807, 2.05) is 28.6 Å². The lowest BCUT2D eigenvalue weighted by Crippen LogP contribution is -2.51.